The Labute approximate surface area is 242 Å². The summed E-state index contributed by atoms with van der Waals surface area (Å²) in [6.45, 7) is 0. The van der Waals surface area contributed by atoms with Crippen LogP contribution >= 0.6 is 27.5 Å². The largest absolute Gasteiger partial charge is 0.423 e. The quantitative estimate of drug-likeness (QED) is 0.0809. The van der Waals surface area contributed by atoms with Gasteiger partial charge in [0.05, 0.1) is 23.0 Å². The molecule has 4 aromatic rings. The maximum absolute atomic E-state index is 12.7. The fourth-order valence-corrected chi connectivity index (χ4v) is 3.78. The van der Waals surface area contributed by atoms with Crippen LogP contribution in [0.2, 0.25) is 5.02 Å². The number of rotatable bonds is 7. The first-order chi connectivity index (χ1) is 19.3. The third kappa shape index (κ3) is 7.85. The molecule has 3 amide bonds. The van der Waals surface area contributed by atoms with E-state index in [-0.39, 0.29) is 11.3 Å². The first-order valence-corrected chi connectivity index (χ1v) is 12.8. The van der Waals surface area contributed by atoms with Crippen molar-refractivity contribution >= 4 is 68.8 Å². The van der Waals surface area contributed by atoms with Crippen LogP contribution in [0.5, 0.6) is 5.75 Å². The highest BCUT2D eigenvalue weighted by molar-refractivity contribution is 9.10. The molecule has 0 aliphatic heterocycles. The highest BCUT2D eigenvalue weighted by atomic mass is 79.9. The van der Waals surface area contributed by atoms with Crippen LogP contribution in [-0.4, -0.2) is 29.9 Å². The van der Waals surface area contributed by atoms with Crippen LogP contribution in [0.1, 0.15) is 26.3 Å². The summed E-state index contributed by atoms with van der Waals surface area (Å²) in [7, 11) is 0. The van der Waals surface area contributed by atoms with Gasteiger partial charge in [-0.25, -0.2) is 10.2 Å². The Morgan fingerprint density at radius 1 is 0.800 bits per heavy atom. The highest BCUT2D eigenvalue weighted by Crippen LogP contribution is 2.19. The lowest BCUT2D eigenvalue weighted by molar-refractivity contribution is -0.136. The SMILES string of the molecule is O=C(N/N=C/c1ccc(OC(=O)c2cccc(Cl)c2)cc1)C(=O)Nc1ccccc1C(=O)Nc1ccc(Br)cc1. The summed E-state index contributed by atoms with van der Waals surface area (Å²) in [5, 5.41) is 9.37. The summed E-state index contributed by atoms with van der Waals surface area (Å²) in [6.07, 6.45) is 1.31. The van der Waals surface area contributed by atoms with Crippen LogP contribution in [0.3, 0.4) is 0 Å². The van der Waals surface area contributed by atoms with Gasteiger partial charge in [0.2, 0.25) is 0 Å². The van der Waals surface area contributed by atoms with Crippen LogP contribution in [0.25, 0.3) is 0 Å². The monoisotopic (exact) mass is 618 g/mol. The molecule has 0 aliphatic rings. The molecule has 3 N–H and O–H groups in total. The lowest BCUT2D eigenvalue weighted by atomic mass is 10.1. The van der Waals surface area contributed by atoms with Crippen LogP contribution in [0.4, 0.5) is 11.4 Å². The second kappa shape index (κ2) is 13.3. The predicted molar refractivity (Wildman–Crippen MR) is 156 cm³/mol. The van der Waals surface area contributed by atoms with Gasteiger partial charge in [-0.1, -0.05) is 45.7 Å². The maximum Gasteiger partial charge on any atom is 0.343 e. The molecule has 0 fully saturated rings. The van der Waals surface area contributed by atoms with E-state index in [2.05, 4.69) is 37.1 Å². The van der Waals surface area contributed by atoms with Gasteiger partial charge < -0.3 is 15.4 Å². The molecule has 0 aliphatic carbocycles. The number of nitrogens with one attached hydrogen (secondary N) is 3. The second-order valence-electron chi connectivity index (χ2n) is 8.13. The Morgan fingerprint density at radius 2 is 1.52 bits per heavy atom. The van der Waals surface area contributed by atoms with Crippen molar-refractivity contribution < 1.29 is 23.9 Å². The number of ether oxygens (including phenoxy) is 1. The smallest absolute Gasteiger partial charge is 0.343 e. The zero-order chi connectivity index (χ0) is 28.5. The van der Waals surface area contributed by atoms with E-state index in [1.165, 1.54) is 24.4 Å². The van der Waals surface area contributed by atoms with Crippen LogP contribution in [0, 0.1) is 0 Å². The third-order valence-corrected chi connectivity index (χ3v) is 6.02. The van der Waals surface area contributed by atoms with Crippen molar-refractivity contribution in [3.63, 3.8) is 0 Å². The van der Waals surface area contributed by atoms with Gasteiger partial charge in [-0.15, -0.1) is 0 Å². The molecule has 11 heteroatoms. The van der Waals surface area contributed by atoms with Gasteiger partial charge in [0.25, 0.3) is 5.91 Å². The van der Waals surface area contributed by atoms with Crippen molar-refractivity contribution in [1.82, 2.24) is 5.43 Å². The maximum atomic E-state index is 12.7. The summed E-state index contributed by atoms with van der Waals surface area (Å²) in [5.41, 5.74) is 3.91. The Kier molecular flexibility index (Phi) is 9.39. The zero-order valence-electron chi connectivity index (χ0n) is 20.6. The Morgan fingerprint density at radius 3 is 2.25 bits per heavy atom. The van der Waals surface area contributed by atoms with Gasteiger partial charge in [-0.05, 0) is 84.4 Å². The van der Waals surface area contributed by atoms with E-state index >= 15 is 0 Å². The third-order valence-electron chi connectivity index (χ3n) is 5.26. The topological polar surface area (TPSA) is 126 Å². The average Bonchev–Trinajstić information content (AvgIpc) is 2.95. The number of para-hydroxylation sites is 1. The van der Waals surface area contributed by atoms with E-state index in [9.17, 15) is 19.2 Å². The summed E-state index contributed by atoms with van der Waals surface area (Å²) >= 11 is 9.23. The fraction of sp³-hybridized carbons (Fsp3) is 0. The molecule has 200 valence electrons. The summed E-state index contributed by atoms with van der Waals surface area (Å²) in [5.74, 6) is -2.77. The minimum atomic E-state index is -1.04. The minimum absolute atomic E-state index is 0.157. The van der Waals surface area contributed by atoms with Crippen molar-refractivity contribution in [1.29, 1.82) is 0 Å². The van der Waals surface area contributed by atoms with Crippen molar-refractivity contribution in [2.45, 2.75) is 0 Å². The van der Waals surface area contributed by atoms with Gasteiger partial charge in [-0.2, -0.15) is 5.10 Å². The van der Waals surface area contributed by atoms with Crippen molar-refractivity contribution in [3.8, 4) is 5.75 Å². The normalized spacial score (nSPS) is 10.6. The first kappa shape index (κ1) is 28.2. The van der Waals surface area contributed by atoms with Crippen molar-refractivity contribution in [2.75, 3.05) is 10.6 Å². The molecule has 9 nitrogen and oxygen atoms in total. The number of carbonyl (C=O) groups is 4. The summed E-state index contributed by atoms with van der Waals surface area (Å²) < 4.78 is 6.17. The van der Waals surface area contributed by atoms with Crippen molar-refractivity contribution in [3.05, 3.63) is 123 Å². The molecule has 0 unspecified atom stereocenters. The number of benzene rings is 4. The number of carbonyl (C=O) groups excluding carboxylic acids is 4. The molecule has 4 aromatic carbocycles. The minimum Gasteiger partial charge on any atom is -0.423 e. The standard InChI is InChI=1S/C29H20BrClN4O5/c30-20-10-12-22(13-11-20)33-26(36)24-6-1-2-7-25(24)34-27(37)28(38)35-32-17-18-8-14-23(15-9-18)40-29(39)19-4-3-5-21(31)16-19/h1-17H,(H,33,36)(H,34,37)(H,35,38)/b32-17+. The first-order valence-electron chi connectivity index (χ1n) is 11.7. The van der Waals surface area contributed by atoms with E-state index in [1.807, 2.05) is 0 Å². The van der Waals surface area contributed by atoms with Crippen LogP contribution in [0.15, 0.2) is 107 Å². The van der Waals surface area contributed by atoms with Gasteiger partial charge in [0.1, 0.15) is 5.75 Å². The molecule has 0 atom stereocenters. The molecular weight excluding hydrogens is 600 g/mol. The van der Waals surface area contributed by atoms with Gasteiger partial charge in [0.15, 0.2) is 0 Å². The van der Waals surface area contributed by atoms with Gasteiger partial charge >= 0.3 is 17.8 Å². The molecule has 0 spiro atoms. The fourth-order valence-electron chi connectivity index (χ4n) is 3.32. The van der Waals surface area contributed by atoms with Crippen LogP contribution in [-0.2, 0) is 9.59 Å². The molecule has 0 saturated carbocycles. The molecule has 0 bridgehead atoms. The van der Waals surface area contributed by atoms with Gasteiger partial charge in [-0.3, -0.25) is 14.4 Å². The number of amides is 3. The van der Waals surface area contributed by atoms with E-state index in [0.29, 0.717) is 27.6 Å². The molecule has 4 rings (SSSR count). The summed E-state index contributed by atoms with van der Waals surface area (Å²) in [4.78, 5) is 49.7. The van der Waals surface area contributed by atoms with Gasteiger partial charge in [0, 0.05) is 15.2 Å². The number of hydrazone groups is 1. The van der Waals surface area contributed by atoms with E-state index in [0.717, 1.165) is 4.47 Å². The predicted octanol–water partition coefficient (Wildman–Crippen LogP) is 5.66. The Hall–Kier alpha value is -4.80. The number of hydrogen-bond donors (Lipinski definition) is 3. The molecule has 0 saturated heterocycles. The zero-order valence-corrected chi connectivity index (χ0v) is 22.9. The molecule has 0 heterocycles. The second-order valence-corrected chi connectivity index (χ2v) is 9.48. The van der Waals surface area contributed by atoms with E-state index in [4.69, 9.17) is 16.3 Å². The number of anilines is 2. The van der Waals surface area contributed by atoms with Crippen molar-refractivity contribution in [2.24, 2.45) is 5.10 Å². The molecule has 0 radical (unpaired) electrons. The lowest BCUT2D eigenvalue weighted by Gasteiger charge is -2.11. The number of esters is 1. The molecule has 0 aromatic heterocycles. The van der Waals surface area contributed by atoms with E-state index < -0.39 is 23.7 Å². The molecule has 40 heavy (non-hydrogen) atoms. The van der Waals surface area contributed by atoms with E-state index in [1.54, 1.807) is 78.9 Å². The highest BCUT2D eigenvalue weighted by Gasteiger charge is 2.18. The average molecular weight is 620 g/mol. The lowest BCUT2D eigenvalue weighted by Crippen LogP contribution is -2.33. The number of nitrogens with zero attached hydrogens (tertiary/aromatic N) is 1. The van der Waals surface area contributed by atoms with Crippen LogP contribution < -0.4 is 20.8 Å². The number of halogens is 2. The number of hydrogen-bond acceptors (Lipinski definition) is 6. The Bertz CT molecular complexity index is 1590. The summed E-state index contributed by atoms with van der Waals surface area (Å²) in [6, 6.07) is 26.0. The molecular formula is C29H20BrClN4O5. The Balaban J connectivity index is 1.30.